The Morgan fingerprint density at radius 3 is 2.65 bits per heavy atom. The summed E-state index contributed by atoms with van der Waals surface area (Å²) in [6.07, 6.45) is -1.06. The highest BCUT2D eigenvalue weighted by molar-refractivity contribution is 5.90. The molecule has 1 aromatic rings. The normalized spacial score (nSPS) is 27.2. The Morgan fingerprint density at radius 2 is 2.06 bits per heavy atom. The van der Waals surface area contributed by atoms with Crippen LogP contribution >= 0.6 is 0 Å². The first-order valence-corrected chi connectivity index (χ1v) is 10.1. The van der Waals surface area contributed by atoms with E-state index in [9.17, 15) is 24.1 Å². The fourth-order valence-electron chi connectivity index (χ4n) is 4.68. The lowest BCUT2D eigenvalue weighted by atomic mass is 10.0. The number of amides is 2. The predicted molar refractivity (Wildman–Crippen MR) is 109 cm³/mol. The number of benzene rings is 1. The summed E-state index contributed by atoms with van der Waals surface area (Å²) < 4.78 is 20.1. The second-order valence-corrected chi connectivity index (χ2v) is 8.15. The Hall–Kier alpha value is -3.24. The number of carbonyl (C=O) groups excluding carboxylic acids is 2. The van der Waals surface area contributed by atoms with E-state index in [4.69, 9.17) is 4.74 Å². The number of aliphatic imine (C=N–C) groups is 1. The standard InChI is InChI=1S/C20H24FN5O5/c1-11(27)23-6-13-7-25(20(28)31-13)12-3-4-14(17(21)5-12)19-15-8-24(9-16(15)19)18(22-2)10-26(29)30/h3-5,13,15-16,19H,6-10H2,1-2H3,(H,23,27)/t13-,15-,16+,19?/m0/s1. The maximum Gasteiger partial charge on any atom is 0.414 e. The van der Waals surface area contributed by atoms with E-state index in [0.29, 0.717) is 30.2 Å². The Balaban J connectivity index is 1.38. The lowest BCUT2D eigenvalue weighted by Gasteiger charge is -2.21. The number of amidine groups is 1. The summed E-state index contributed by atoms with van der Waals surface area (Å²) in [6.45, 7) is 2.77. The number of anilines is 1. The summed E-state index contributed by atoms with van der Waals surface area (Å²) in [7, 11) is 1.54. The van der Waals surface area contributed by atoms with Gasteiger partial charge >= 0.3 is 6.09 Å². The molecule has 0 radical (unpaired) electrons. The number of nitro groups is 1. The second-order valence-electron chi connectivity index (χ2n) is 8.15. The lowest BCUT2D eigenvalue weighted by Crippen LogP contribution is -2.36. The van der Waals surface area contributed by atoms with Crippen molar-refractivity contribution in [1.82, 2.24) is 10.2 Å². The molecule has 0 aromatic heterocycles. The summed E-state index contributed by atoms with van der Waals surface area (Å²) in [5.41, 5.74) is 1.01. The van der Waals surface area contributed by atoms with Gasteiger partial charge in [-0.3, -0.25) is 24.8 Å². The number of hydrogen-bond donors (Lipinski definition) is 1. The molecule has 1 unspecified atom stereocenters. The Kier molecular flexibility index (Phi) is 5.50. The third-order valence-electron chi connectivity index (χ3n) is 6.20. The maximum atomic E-state index is 14.9. The smallest absolute Gasteiger partial charge is 0.414 e. The monoisotopic (exact) mass is 433 g/mol. The zero-order chi connectivity index (χ0) is 22.3. The van der Waals surface area contributed by atoms with Crippen LogP contribution in [0.5, 0.6) is 0 Å². The van der Waals surface area contributed by atoms with Crippen LogP contribution in [0.3, 0.4) is 0 Å². The number of piperidine rings is 1. The summed E-state index contributed by atoms with van der Waals surface area (Å²) in [6, 6.07) is 4.76. The molecule has 3 fully saturated rings. The van der Waals surface area contributed by atoms with E-state index < -0.39 is 17.1 Å². The molecule has 1 aromatic carbocycles. The van der Waals surface area contributed by atoms with E-state index in [-0.39, 0.29) is 49.1 Å². The van der Waals surface area contributed by atoms with E-state index in [1.807, 2.05) is 4.90 Å². The molecule has 2 aliphatic heterocycles. The molecule has 10 nitrogen and oxygen atoms in total. The first-order valence-electron chi connectivity index (χ1n) is 10.1. The van der Waals surface area contributed by atoms with Gasteiger partial charge in [0.25, 0.3) is 6.54 Å². The molecule has 166 valence electrons. The second kappa shape index (κ2) is 8.12. The van der Waals surface area contributed by atoms with Crippen LogP contribution in [0.4, 0.5) is 14.9 Å². The predicted octanol–water partition coefficient (Wildman–Crippen LogP) is 1.24. The van der Waals surface area contributed by atoms with Crippen LogP contribution < -0.4 is 10.2 Å². The van der Waals surface area contributed by atoms with Gasteiger partial charge in [-0.1, -0.05) is 6.07 Å². The van der Waals surface area contributed by atoms with Crippen molar-refractivity contribution in [3.63, 3.8) is 0 Å². The maximum absolute atomic E-state index is 14.9. The van der Waals surface area contributed by atoms with Gasteiger partial charge in [0.2, 0.25) is 5.91 Å². The topological polar surface area (TPSA) is 117 Å². The van der Waals surface area contributed by atoms with Gasteiger partial charge in [0, 0.05) is 32.0 Å². The average Bonchev–Trinajstić information content (AvgIpc) is 3.03. The summed E-state index contributed by atoms with van der Waals surface area (Å²) in [5.74, 6) is 0.404. The molecule has 0 bridgehead atoms. The quantitative estimate of drug-likeness (QED) is 0.312. The minimum absolute atomic E-state index is 0.0667. The number of cyclic esters (lactones) is 1. The fourth-order valence-corrected chi connectivity index (χ4v) is 4.68. The highest BCUT2D eigenvalue weighted by Crippen LogP contribution is 2.58. The van der Waals surface area contributed by atoms with Crippen molar-refractivity contribution in [2.45, 2.75) is 18.9 Å². The first-order chi connectivity index (χ1) is 14.8. The Bertz CT molecular complexity index is 942. The number of fused-ring (bicyclic) bond motifs is 1. The molecule has 2 amide bonds. The number of nitrogens with zero attached hydrogens (tertiary/aromatic N) is 4. The first kappa shape index (κ1) is 21.0. The van der Waals surface area contributed by atoms with Crippen LogP contribution in [-0.4, -0.2) is 73.5 Å². The van der Waals surface area contributed by atoms with Gasteiger partial charge in [0.05, 0.1) is 18.8 Å². The zero-order valence-corrected chi connectivity index (χ0v) is 17.3. The molecule has 1 N–H and O–H groups in total. The average molecular weight is 433 g/mol. The number of nitrogens with one attached hydrogen (secondary N) is 1. The van der Waals surface area contributed by atoms with Crippen molar-refractivity contribution in [2.75, 3.05) is 44.7 Å². The van der Waals surface area contributed by atoms with Gasteiger partial charge in [-0.2, -0.15) is 0 Å². The van der Waals surface area contributed by atoms with Crippen molar-refractivity contribution in [2.24, 2.45) is 16.8 Å². The van der Waals surface area contributed by atoms with E-state index >= 15 is 0 Å². The van der Waals surface area contributed by atoms with Crippen LogP contribution in [0.15, 0.2) is 23.2 Å². The summed E-state index contributed by atoms with van der Waals surface area (Å²) in [5, 5.41) is 13.4. The highest BCUT2D eigenvalue weighted by Gasteiger charge is 2.57. The van der Waals surface area contributed by atoms with Crippen LogP contribution in [0.1, 0.15) is 18.4 Å². The molecule has 1 saturated carbocycles. The van der Waals surface area contributed by atoms with Crippen molar-refractivity contribution >= 4 is 23.5 Å². The third kappa shape index (κ3) is 4.17. The van der Waals surface area contributed by atoms with E-state index in [1.54, 1.807) is 19.2 Å². The van der Waals surface area contributed by atoms with Gasteiger partial charge in [-0.25, -0.2) is 9.18 Å². The lowest BCUT2D eigenvalue weighted by molar-refractivity contribution is -0.464. The molecule has 4 atom stereocenters. The minimum atomic E-state index is -0.571. The van der Waals surface area contributed by atoms with Gasteiger partial charge in [0.15, 0.2) is 5.84 Å². The Labute approximate surface area is 178 Å². The van der Waals surface area contributed by atoms with Gasteiger partial charge in [-0.15, -0.1) is 0 Å². The van der Waals surface area contributed by atoms with Crippen molar-refractivity contribution in [1.29, 1.82) is 0 Å². The number of ether oxygens (including phenoxy) is 1. The van der Waals surface area contributed by atoms with Crippen LogP contribution in [-0.2, 0) is 9.53 Å². The molecule has 11 heteroatoms. The molecular formula is C20H24FN5O5. The molecule has 4 rings (SSSR count). The zero-order valence-electron chi connectivity index (χ0n) is 17.3. The molecule has 3 aliphatic rings. The number of halogens is 1. The van der Waals surface area contributed by atoms with Gasteiger partial charge in [-0.05, 0) is 35.4 Å². The molecule has 31 heavy (non-hydrogen) atoms. The number of rotatable bonds is 6. The van der Waals surface area contributed by atoms with Crippen molar-refractivity contribution < 1.29 is 23.6 Å². The highest BCUT2D eigenvalue weighted by atomic mass is 19.1. The SMILES string of the molecule is CN=C(C[N+](=O)[O-])N1C[C@@H]2C(c3ccc(N4C[C@H](CNC(C)=O)OC4=O)cc3F)[C@@H]2C1. The van der Waals surface area contributed by atoms with Gasteiger partial charge in [0.1, 0.15) is 11.9 Å². The van der Waals surface area contributed by atoms with Crippen LogP contribution in [0, 0.1) is 27.8 Å². The Morgan fingerprint density at radius 1 is 1.35 bits per heavy atom. The molecule has 2 heterocycles. The molecule has 2 saturated heterocycles. The van der Waals surface area contributed by atoms with E-state index in [0.717, 1.165) is 0 Å². The third-order valence-corrected chi connectivity index (χ3v) is 6.20. The molecule has 0 spiro atoms. The van der Waals surface area contributed by atoms with E-state index in [1.165, 1.54) is 17.9 Å². The minimum Gasteiger partial charge on any atom is -0.442 e. The van der Waals surface area contributed by atoms with Crippen LogP contribution in [0.2, 0.25) is 0 Å². The number of hydrogen-bond acceptors (Lipinski definition) is 6. The van der Waals surface area contributed by atoms with Crippen molar-refractivity contribution in [3.8, 4) is 0 Å². The van der Waals surface area contributed by atoms with Gasteiger partial charge < -0.3 is 15.0 Å². The number of carbonyl (C=O) groups is 2. The summed E-state index contributed by atoms with van der Waals surface area (Å²) >= 11 is 0. The fraction of sp³-hybridized carbons (Fsp3) is 0.550. The molecule has 1 aliphatic carbocycles. The van der Waals surface area contributed by atoms with E-state index in [2.05, 4.69) is 10.3 Å². The molecular weight excluding hydrogens is 409 g/mol. The van der Waals surface area contributed by atoms with Crippen molar-refractivity contribution in [3.05, 3.63) is 39.7 Å². The largest absolute Gasteiger partial charge is 0.442 e. The summed E-state index contributed by atoms with van der Waals surface area (Å²) in [4.78, 5) is 40.9. The number of likely N-dealkylation sites (tertiary alicyclic amines) is 1. The van der Waals surface area contributed by atoms with Crippen LogP contribution in [0.25, 0.3) is 0 Å².